The number of ether oxygens (including phenoxy) is 1. The third-order valence-electron chi connectivity index (χ3n) is 7.19. The Bertz CT molecular complexity index is 947. The van der Waals surface area contributed by atoms with E-state index in [0.29, 0.717) is 38.6 Å². The number of amides is 3. The van der Waals surface area contributed by atoms with Gasteiger partial charge in [0, 0.05) is 32.8 Å². The molecule has 2 fully saturated rings. The molecule has 0 saturated carbocycles. The summed E-state index contributed by atoms with van der Waals surface area (Å²) in [6, 6.07) is 14.5. The standard InChI is InChI=1S/C25H33N3O3/c1-4-19(2)26-14-12-25(13-15-26)23(29)27(24(30)28(25)16-17-31-3)18-21-10-7-9-20-8-5-6-11-22(20)21/h5-11,19H,4,12-18H2,1-3H3/t19-/m0/s1. The number of likely N-dealkylation sites (tertiary alicyclic amines) is 1. The summed E-state index contributed by atoms with van der Waals surface area (Å²) in [5.41, 5.74) is 0.255. The highest BCUT2D eigenvalue weighted by molar-refractivity contribution is 6.07. The smallest absolute Gasteiger partial charge is 0.328 e. The molecule has 166 valence electrons. The van der Waals surface area contributed by atoms with Crippen LogP contribution < -0.4 is 0 Å². The van der Waals surface area contributed by atoms with E-state index in [-0.39, 0.29) is 11.9 Å². The maximum Gasteiger partial charge on any atom is 0.328 e. The van der Waals surface area contributed by atoms with Gasteiger partial charge < -0.3 is 14.5 Å². The van der Waals surface area contributed by atoms with Crippen molar-refractivity contribution in [3.05, 3.63) is 48.0 Å². The molecule has 6 heteroatoms. The predicted octanol–water partition coefficient (Wildman–Crippen LogP) is 3.88. The summed E-state index contributed by atoms with van der Waals surface area (Å²) < 4.78 is 5.28. The maximum absolute atomic E-state index is 13.8. The summed E-state index contributed by atoms with van der Waals surface area (Å²) in [6.07, 6.45) is 2.44. The van der Waals surface area contributed by atoms with Crippen LogP contribution in [0, 0.1) is 0 Å². The Labute approximate surface area is 184 Å². The highest BCUT2D eigenvalue weighted by atomic mass is 16.5. The lowest BCUT2D eigenvalue weighted by molar-refractivity contribution is -0.136. The Hall–Kier alpha value is -2.44. The fourth-order valence-corrected chi connectivity index (χ4v) is 5.09. The van der Waals surface area contributed by atoms with Gasteiger partial charge in [-0.2, -0.15) is 0 Å². The molecule has 0 bridgehead atoms. The summed E-state index contributed by atoms with van der Waals surface area (Å²) >= 11 is 0. The van der Waals surface area contributed by atoms with Gasteiger partial charge in [-0.15, -0.1) is 0 Å². The fourth-order valence-electron chi connectivity index (χ4n) is 5.09. The number of hydrogen-bond donors (Lipinski definition) is 0. The predicted molar refractivity (Wildman–Crippen MR) is 122 cm³/mol. The lowest BCUT2D eigenvalue weighted by Crippen LogP contribution is -2.58. The van der Waals surface area contributed by atoms with Crippen molar-refractivity contribution in [2.24, 2.45) is 0 Å². The van der Waals surface area contributed by atoms with Crippen molar-refractivity contribution in [1.82, 2.24) is 14.7 Å². The first kappa shape index (κ1) is 21.8. The summed E-state index contributed by atoms with van der Waals surface area (Å²) in [7, 11) is 1.63. The van der Waals surface area contributed by atoms with Crippen molar-refractivity contribution in [3.63, 3.8) is 0 Å². The molecule has 2 heterocycles. The number of nitrogens with zero attached hydrogens (tertiary/aromatic N) is 3. The van der Waals surface area contributed by atoms with Gasteiger partial charge in [-0.05, 0) is 42.5 Å². The number of hydrogen-bond acceptors (Lipinski definition) is 4. The Kier molecular flexibility index (Phi) is 6.30. The van der Waals surface area contributed by atoms with E-state index in [1.165, 1.54) is 4.90 Å². The van der Waals surface area contributed by atoms with Crippen molar-refractivity contribution in [3.8, 4) is 0 Å². The second-order valence-electron chi connectivity index (χ2n) is 8.78. The van der Waals surface area contributed by atoms with Gasteiger partial charge in [0.2, 0.25) is 0 Å². The van der Waals surface area contributed by atoms with Gasteiger partial charge in [-0.1, -0.05) is 49.4 Å². The maximum atomic E-state index is 13.8. The van der Waals surface area contributed by atoms with Crippen LogP contribution in [0.1, 0.15) is 38.7 Å². The topological polar surface area (TPSA) is 53.1 Å². The average molecular weight is 424 g/mol. The van der Waals surface area contributed by atoms with Gasteiger partial charge in [0.15, 0.2) is 0 Å². The molecule has 4 rings (SSSR count). The third kappa shape index (κ3) is 3.83. The third-order valence-corrected chi connectivity index (χ3v) is 7.19. The molecule has 2 aromatic rings. The SMILES string of the molecule is CC[C@H](C)N1CCC2(CC1)C(=O)N(Cc1cccc3ccccc13)C(=O)N2CCOC. The van der Waals surface area contributed by atoms with E-state index in [9.17, 15) is 9.59 Å². The van der Waals surface area contributed by atoms with Crippen LogP contribution in [0.3, 0.4) is 0 Å². The van der Waals surface area contributed by atoms with Gasteiger partial charge >= 0.3 is 6.03 Å². The molecule has 2 aliphatic rings. The quantitative estimate of drug-likeness (QED) is 0.634. The van der Waals surface area contributed by atoms with Crippen LogP contribution in [0.4, 0.5) is 4.79 Å². The van der Waals surface area contributed by atoms with Crippen molar-refractivity contribution in [2.45, 2.75) is 51.2 Å². The molecule has 2 saturated heterocycles. The summed E-state index contributed by atoms with van der Waals surface area (Å²) in [6.45, 7) is 7.26. The molecule has 31 heavy (non-hydrogen) atoms. The van der Waals surface area contributed by atoms with Crippen molar-refractivity contribution in [2.75, 3.05) is 33.4 Å². The van der Waals surface area contributed by atoms with Crippen LogP contribution in [0.5, 0.6) is 0 Å². The molecule has 0 unspecified atom stereocenters. The highest BCUT2D eigenvalue weighted by Gasteiger charge is 2.57. The van der Waals surface area contributed by atoms with Crippen LogP contribution in [0.25, 0.3) is 10.8 Å². The van der Waals surface area contributed by atoms with Crippen LogP contribution in [0.2, 0.25) is 0 Å². The number of methoxy groups -OCH3 is 1. The zero-order valence-electron chi connectivity index (χ0n) is 18.8. The van der Waals surface area contributed by atoms with Crippen LogP contribution >= 0.6 is 0 Å². The van der Waals surface area contributed by atoms with Gasteiger partial charge in [-0.25, -0.2) is 4.79 Å². The molecule has 0 aromatic heterocycles. The lowest BCUT2D eigenvalue weighted by Gasteiger charge is -2.43. The minimum absolute atomic E-state index is 0.0506. The first-order valence-electron chi connectivity index (χ1n) is 11.3. The van der Waals surface area contributed by atoms with E-state index in [4.69, 9.17) is 4.74 Å². The number of piperidine rings is 1. The van der Waals surface area contributed by atoms with Crippen LogP contribution in [-0.2, 0) is 16.1 Å². The summed E-state index contributed by atoms with van der Waals surface area (Å²) in [5.74, 6) is -0.0506. The average Bonchev–Trinajstić information content (AvgIpc) is 2.99. The Morgan fingerprint density at radius 1 is 1.06 bits per heavy atom. The van der Waals surface area contributed by atoms with Gasteiger partial charge in [0.25, 0.3) is 5.91 Å². The lowest BCUT2D eigenvalue weighted by atomic mass is 9.85. The number of carbonyl (C=O) groups is 2. The minimum Gasteiger partial charge on any atom is -0.383 e. The largest absolute Gasteiger partial charge is 0.383 e. The highest BCUT2D eigenvalue weighted by Crippen LogP contribution is 2.39. The molecule has 3 amide bonds. The zero-order chi connectivity index (χ0) is 22.0. The van der Waals surface area contributed by atoms with E-state index in [0.717, 1.165) is 35.8 Å². The molecule has 0 aliphatic carbocycles. The van der Waals surface area contributed by atoms with E-state index < -0.39 is 5.54 Å². The molecule has 1 spiro atoms. The van der Waals surface area contributed by atoms with Gasteiger partial charge in [-0.3, -0.25) is 9.69 Å². The number of rotatable bonds is 7. The monoisotopic (exact) mass is 423 g/mol. The van der Waals surface area contributed by atoms with Crippen molar-refractivity contribution < 1.29 is 14.3 Å². The Morgan fingerprint density at radius 3 is 2.48 bits per heavy atom. The summed E-state index contributed by atoms with van der Waals surface area (Å²) in [4.78, 5) is 32.9. The molecule has 1 atom stereocenters. The van der Waals surface area contributed by atoms with Crippen molar-refractivity contribution >= 4 is 22.7 Å². The molecule has 6 nitrogen and oxygen atoms in total. The second kappa shape index (κ2) is 8.97. The molecular formula is C25H33N3O3. The van der Waals surface area contributed by atoms with E-state index in [1.807, 2.05) is 24.3 Å². The Balaban J connectivity index is 1.62. The van der Waals surface area contributed by atoms with Crippen LogP contribution in [0.15, 0.2) is 42.5 Å². The van der Waals surface area contributed by atoms with E-state index in [1.54, 1.807) is 12.0 Å². The zero-order valence-corrected chi connectivity index (χ0v) is 18.8. The fraction of sp³-hybridized carbons (Fsp3) is 0.520. The second-order valence-corrected chi connectivity index (χ2v) is 8.78. The molecule has 2 aliphatic heterocycles. The number of fused-ring (bicyclic) bond motifs is 1. The molecule has 0 radical (unpaired) electrons. The minimum atomic E-state index is -0.746. The van der Waals surface area contributed by atoms with E-state index >= 15 is 0 Å². The molecule has 0 N–H and O–H groups in total. The first-order chi connectivity index (χ1) is 15.0. The number of carbonyl (C=O) groups excluding carboxylic acids is 2. The van der Waals surface area contributed by atoms with Crippen LogP contribution in [-0.4, -0.2) is 71.6 Å². The Morgan fingerprint density at radius 2 is 1.77 bits per heavy atom. The normalized spacial score (nSPS) is 20.2. The van der Waals surface area contributed by atoms with Gasteiger partial charge in [0.05, 0.1) is 13.2 Å². The number of benzene rings is 2. The first-order valence-corrected chi connectivity index (χ1v) is 11.3. The molecular weight excluding hydrogens is 390 g/mol. The summed E-state index contributed by atoms with van der Waals surface area (Å²) in [5, 5.41) is 2.20. The van der Waals surface area contributed by atoms with Crippen molar-refractivity contribution in [1.29, 1.82) is 0 Å². The van der Waals surface area contributed by atoms with Gasteiger partial charge in [0.1, 0.15) is 5.54 Å². The van der Waals surface area contributed by atoms with E-state index in [2.05, 4.69) is 36.9 Å². The molecule has 2 aromatic carbocycles. The number of imide groups is 1. The number of urea groups is 1.